The van der Waals surface area contributed by atoms with E-state index in [1.165, 1.54) is 7.11 Å². The summed E-state index contributed by atoms with van der Waals surface area (Å²) in [6, 6.07) is 6.87. The van der Waals surface area contributed by atoms with Crippen LogP contribution in [0.1, 0.15) is 6.92 Å². The molecule has 0 aliphatic rings. The summed E-state index contributed by atoms with van der Waals surface area (Å²) in [7, 11) is 1.51. The van der Waals surface area contributed by atoms with Crippen molar-refractivity contribution < 1.29 is 24.2 Å². The monoisotopic (exact) mass is 293 g/mol. The van der Waals surface area contributed by atoms with E-state index in [1.807, 2.05) is 0 Å². The van der Waals surface area contributed by atoms with Crippen LogP contribution in [-0.2, 0) is 9.53 Å². The van der Waals surface area contributed by atoms with Crippen LogP contribution in [0.3, 0.4) is 0 Å². The number of rotatable bonds is 6. The van der Waals surface area contributed by atoms with Gasteiger partial charge in [-0.3, -0.25) is 0 Å². The molecule has 0 saturated carbocycles. The summed E-state index contributed by atoms with van der Waals surface area (Å²) in [6.45, 7) is 1.62. The quantitative estimate of drug-likeness (QED) is 0.630. The minimum absolute atomic E-state index is 0.133. The molecule has 8 heteroatoms. The standard InChI is InChI=1S/C13H15N3O5/c1-3-20-11(17)8-21-13-14-12(16(18)15-13)9-6-4-5-7-10(9)19-2/h4-7,18H,3,8H2,1-2H3. The predicted octanol–water partition coefficient (Wildman–Crippen LogP) is 1.13. The molecule has 0 bridgehead atoms. The van der Waals surface area contributed by atoms with Crippen LogP contribution in [0.25, 0.3) is 11.4 Å². The van der Waals surface area contributed by atoms with Gasteiger partial charge in [0.2, 0.25) is 5.82 Å². The summed E-state index contributed by atoms with van der Waals surface area (Å²) in [4.78, 5) is 15.8. The third kappa shape index (κ3) is 3.41. The number of ether oxygens (including phenoxy) is 3. The van der Waals surface area contributed by atoms with Crippen LogP contribution in [0.4, 0.5) is 0 Å². The maximum Gasteiger partial charge on any atom is 0.344 e. The summed E-state index contributed by atoms with van der Waals surface area (Å²) < 4.78 is 15.0. The zero-order valence-corrected chi connectivity index (χ0v) is 11.6. The van der Waals surface area contributed by atoms with Gasteiger partial charge in [-0.25, -0.2) is 4.79 Å². The van der Waals surface area contributed by atoms with E-state index in [-0.39, 0.29) is 25.0 Å². The zero-order valence-electron chi connectivity index (χ0n) is 11.6. The Kier molecular flexibility index (Phi) is 4.60. The second kappa shape index (κ2) is 6.60. The fraction of sp³-hybridized carbons (Fsp3) is 0.308. The first-order valence-electron chi connectivity index (χ1n) is 6.23. The highest BCUT2D eigenvalue weighted by atomic mass is 16.6. The maximum absolute atomic E-state index is 11.2. The van der Waals surface area contributed by atoms with Crippen molar-refractivity contribution in [2.75, 3.05) is 20.3 Å². The number of methoxy groups -OCH3 is 1. The van der Waals surface area contributed by atoms with Crippen molar-refractivity contribution in [3.63, 3.8) is 0 Å². The van der Waals surface area contributed by atoms with E-state index in [9.17, 15) is 10.0 Å². The average Bonchev–Trinajstić information content (AvgIpc) is 2.86. The Labute approximate surface area is 120 Å². The minimum atomic E-state index is -0.536. The second-order valence-electron chi connectivity index (χ2n) is 3.90. The second-order valence-corrected chi connectivity index (χ2v) is 3.90. The largest absolute Gasteiger partial charge is 0.496 e. The molecule has 0 aliphatic heterocycles. The molecule has 0 atom stereocenters. The number of carbonyl (C=O) groups excluding carboxylic acids is 1. The summed E-state index contributed by atoms with van der Waals surface area (Å²) >= 11 is 0. The van der Waals surface area contributed by atoms with Gasteiger partial charge in [-0.2, -0.15) is 4.98 Å². The normalized spacial score (nSPS) is 10.2. The summed E-state index contributed by atoms with van der Waals surface area (Å²) in [6.07, 6.45) is 0. The maximum atomic E-state index is 11.2. The molecule has 112 valence electrons. The molecule has 0 saturated heterocycles. The molecule has 1 N–H and O–H groups in total. The Hall–Kier alpha value is -2.77. The molecule has 0 unspecified atom stereocenters. The molecule has 8 nitrogen and oxygen atoms in total. The lowest BCUT2D eigenvalue weighted by molar-refractivity contribution is -0.145. The number of esters is 1. The number of para-hydroxylation sites is 1. The number of nitrogens with zero attached hydrogens (tertiary/aromatic N) is 3. The number of benzene rings is 1. The van der Waals surface area contributed by atoms with E-state index < -0.39 is 5.97 Å². The molecular formula is C13H15N3O5. The van der Waals surface area contributed by atoms with Crippen molar-refractivity contribution in [3.05, 3.63) is 24.3 Å². The molecule has 0 spiro atoms. The average molecular weight is 293 g/mol. The van der Waals surface area contributed by atoms with Gasteiger partial charge in [0, 0.05) is 0 Å². The fourth-order valence-electron chi connectivity index (χ4n) is 1.67. The number of carbonyl (C=O) groups is 1. The van der Waals surface area contributed by atoms with Gasteiger partial charge in [0.15, 0.2) is 6.61 Å². The van der Waals surface area contributed by atoms with Crippen LogP contribution >= 0.6 is 0 Å². The first-order valence-corrected chi connectivity index (χ1v) is 6.23. The van der Waals surface area contributed by atoms with Gasteiger partial charge in [-0.1, -0.05) is 22.1 Å². The molecule has 1 aromatic heterocycles. The highest BCUT2D eigenvalue weighted by molar-refractivity contribution is 5.71. The Morgan fingerprint density at radius 2 is 2.14 bits per heavy atom. The SMILES string of the molecule is CCOC(=O)COc1nc(-c2ccccc2OC)n(O)n1. The summed E-state index contributed by atoms with van der Waals surface area (Å²) in [5.41, 5.74) is 0.543. The molecule has 21 heavy (non-hydrogen) atoms. The third-order valence-electron chi connectivity index (χ3n) is 2.54. The van der Waals surface area contributed by atoms with Crippen molar-refractivity contribution in [2.24, 2.45) is 0 Å². The Morgan fingerprint density at radius 3 is 2.86 bits per heavy atom. The van der Waals surface area contributed by atoms with E-state index in [0.717, 1.165) is 0 Å². The minimum Gasteiger partial charge on any atom is -0.496 e. The lowest BCUT2D eigenvalue weighted by atomic mass is 10.2. The van der Waals surface area contributed by atoms with Gasteiger partial charge in [-0.15, -0.1) is 0 Å². The van der Waals surface area contributed by atoms with E-state index in [2.05, 4.69) is 10.1 Å². The zero-order chi connectivity index (χ0) is 15.2. The van der Waals surface area contributed by atoms with Crippen LogP contribution < -0.4 is 9.47 Å². The van der Waals surface area contributed by atoms with Gasteiger partial charge >= 0.3 is 12.0 Å². The van der Waals surface area contributed by atoms with Gasteiger partial charge in [0.05, 0.1) is 19.3 Å². The predicted molar refractivity (Wildman–Crippen MR) is 71.3 cm³/mol. The van der Waals surface area contributed by atoms with Crippen LogP contribution in [0.5, 0.6) is 11.8 Å². The Balaban J connectivity index is 2.17. The van der Waals surface area contributed by atoms with Gasteiger partial charge in [0.25, 0.3) is 0 Å². The third-order valence-corrected chi connectivity index (χ3v) is 2.54. The molecule has 1 aromatic carbocycles. The fourth-order valence-corrected chi connectivity index (χ4v) is 1.67. The van der Waals surface area contributed by atoms with Crippen LogP contribution in [0, 0.1) is 0 Å². The van der Waals surface area contributed by atoms with Crippen LogP contribution in [0.2, 0.25) is 0 Å². The molecule has 0 fully saturated rings. The van der Waals surface area contributed by atoms with Crippen molar-refractivity contribution in [2.45, 2.75) is 6.92 Å². The lowest BCUT2D eigenvalue weighted by Crippen LogP contribution is -2.15. The lowest BCUT2D eigenvalue weighted by Gasteiger charge is -2.05. The van der Waals surface area contributed by atoms with E-state index in [4.69, 9.17) is 14.2 Å². The Bertz CT molecular complexity index is 626. The molecule has 1 heterocycles. The molecule has 0 radical (unpaired) electrons. The first kappa shape index (κ1) is 14.6. The number of aromatic nitrogens is 3. The molecule has 2 aromatic rings. The van der Waals surface area contributed by atoms with Gasteiger partial charge in [-0.05, 0) is 19.1 Å². The molecule has 2 rings (SSSR count). The van der Waals surface area contributed by atoms with E-state index in [0.29, 0.717) is 16.2 Å². The van der Waals surface area contributed by atoms with E-state index >= 15 is 0 Å². The number of hydrogen-bond acceptors (Lipinski definition) is 7. The highest BCUT2D eigenvalue weighted by Crippen LogP contribution is 2.28. The summed E-state index contributed by atoms with van der Waals surface area (Å²) in [5, 5.41) is 13.4. The molecule has 0 amide bonds. The van der Waals surface area contributed by atoms with E-state index in [1.54, 1.807) is 31.2 Å². The first-order chi connectivity index (χ1) is 10.2. The van der Waals surface area contributed by atoms with Crippen molar-refractivity contribution in [3.8, 4) is 23.1 Å². The van der Waals surface area contributed by atoms with Gasteiger partial charge in [0.1, 0.15) is 5.75 Å². The molecular weight excluding hydrogens is 278 g/mol. The van der Waals surface area contributed by atoms with Crippen molar-refractivity contribution in [1.82, 2.24) is 14.9 Å². The van der Waals surface area contributed by atoms with Gasteiger partial charge < -0.3 is 19.4 Å². The number of hydrogen-bond donors (Lipinski definition) is 1. The summed E-state index contributed by atoms with van der Waals surface area (Å²) in [5.74, 6) is 0.133. The topological polar surface area (TPSA) is 95.7 Å². The van der Waals surface area contributed by atoms with Crippen molar-refractivity contribution >= 4 is 5.97 Å². The smallest absolute Gasteiger partial charge is 0.344 e. The molecule has 0 aliphatic carbocycles. The van der Waals surface area contributed by atoms with Crippen molar-refractivity contribution in [1.29, 1.82) is 0 Å². The Morgan fingerprint density at radius 1 is 1.38 bits per heavy atom. The van der Waals surface area contributed by atoms with Crippen LogP contribution in [0.15, 0.2) is 24.3 Å². The highest BCUT2D eigenvalue weighted by Gasteiger charge is 2.17. The van der Waals surface area contributed by atoms with Crippen LogP contribution in [-0.4, -0.2) is 46.4 Å².